The molecule has 0 saturated carbocycles. The summed E-state index contributed by atoms with van der Waals surface area (Å²) in [6, 6.07) is 5.64. The fourth-order valence-corrected chi connectivity index (χ4v) is 3.04. The number of fused-ring (bicyclic) bond motifs is 1. The van der Waals surface area contributed by atoms with Crippen LogP contribution in [0.25, 0.3) is 17.1 Å². The molecule has 138 valence electrons. The molecule has 1 atom stereocenters. The van der Waals surface area contributed by atoms with Crippen molar-refractivity contribution in [3.05, 3.63) is 35.8 Å². The summed E-state index contributed by atoms with van der Waals surface area (Å²) in [4.78, 5) is 22.8. The number of aromatic nitrogens is 2. The maximum atomic E-state index is 12.5. The van der Waals surface area contributed by atoms with Crippen LogP contribution in [0.5, 0.6) is 0 Å². The standard InChI is InChI=1S/C19H25N5O2/c1-12(2)7-14(10-25)21-19-22-16(18(26)24(19)4)8-13-5-6-15-17(9-13)23(3)11-20-15/h5-6,8-9,11-12,14,25H,7,10H2,1-4H3,(H,21,22)/b16-8-/t14-/m1/s1. The Labute approximate surface area is 153 Å². The van der Waals surface area contributed by atoms with E-state index in [2.05, 4.69) is 29.1 Å². The molecule has 0 radical (unpaired) electrons. The normalized spacial score (nSPS) is 19.2. The van der Waals surface area contributed by atoms with Crippen LogP contribution in [0, 0.1) is 5.92 Å². The SMILES string of the molecule is CC(C)C[C@H](CO)N=C1N/C(=C\c2ccc3ncn(C)c3c2)C(=O)N1C. The van der Waals surface area contributed by atoms with E-state index in [1.165, 1.54) is 4.90 Å². The lowest BCUT2D eigenvalue weighted by Crippen LogP contribution is -2.31. The Hall–Kier alpha value is -2.67. The highest BCUT2D eigenvalue weighted by Crippen LogP contribution is 2.18. The second kappa shape index (κ2) is 7.29. The molecule has 26 heavy (non-hydrogen) atoms. The number of rotatable bonds is 5. The van der Waals surface area contributed by atoms with Gasteiger partial charge in [-0.2, -0.15) is 0 Å². The van der Waals surface area contributed by atoms with E-state index in [9.17, 15) is 9.90 Å². The number of nitrogens with one attached hydrogen (secondary N) is 1. The lowest BCUT2D eigenvalue weighted by molar-refractivity contribution is -0.121. The van der Waals surface area contributed by atoms with Crippen molar-refractivity contribution in [3.63, 3.8) is 0 Å². The van der Waals surface area contributed by atoms with Crippen molar-refractivity contribution >= 4 is 29.0 Å². The summed E-state index contributed by atoms with van der Waals surface area (Å²) in [5.74, 6) is 0.747. The lowest BCUT2D eigenvalue weighted by Gasteiger charge is -2.15. The molecule has 1 amide bonds. The molecule has 0 spiro atoms. The van der Waals surface area contributed by atoms with Crippen molar-refractivity contribution in [2.45, 2.75) is 26.3 Å². The predicted octanol–water partition coefficient (Wildman–Crippen LogP) is 1.74. The zero-order valence-electron chi connectivity index (χ0n) is 15.6. The van der Waals surface area contributed by atoms with Crippen molar-refractivity contribution in [1.29, 1.82) is 0 Å². The summed E-state index contributed by atoms with van der Waals surface area (Å²) in [5, 5.41) is 12.6. The molecule has 1 saturated heterocycles. The Morgan fingerprint density at radius 3 is 2.81 bits per heavy atom. The van der Waals surface area contributed by atoms with Gasteiger partial charge in [0.15, 0.2) is 0 Å². The molecular weight excluding hydrogens is 330 g/mol. The molecule has 3 rings (SSSR count). The Bertz CT molecular complexity index is 881. The van der Waals surface area contributed by atoms with Gasteiger partial charge >= 0.3 is 0 Å². The van der Waals surface area contributed by atoms with Crippen LogP contribution in [-0.4, -0.2) is 51.1 Å². The summed E-state index contributed by atoms with van der Waals surface area (Å²) in [6.45, 7) is 4.13. The fraction of sp³-hybridized carbons (Fsp3) is 0.421. The zero-order chi connectivity index (χ0) is 18.8. The molecule has 0 bridgehead atoms. The van der Waals surface area contributed by atoms with E-state index in [0.29, 0.717) is 17.6 Å². The second-order valence-corrected chi connectivity index (χ2v) is 7.07. The summed E-state index contributed by atoms with van der Waals surface area (Å²) >= 11 is 0. The van der Waals surface area contributed by atoms with E-state index >= 15 is 0 Å². The highest BCUT2D eigenvalue weighted by molar-refractivity contribution is 6.15. The molecule has 1 aliphatic heterocycles. The van der Waals surface area contributed by atoms with Crippen molar-refractivity contribution in [2.24, 2.45) is 18.0 Å². The third-order valence-corrected chi connectivity index (χ3v) is 4.42. The summed E-state index contributed by atoms with van der Waals surface area (Å²) in [7, 11) is 3.62. The average Bonchev–Trinajstić information content (AvgIpc) is 3.09. The summed E-state index contributed by atoms with van der Waals surface area (Å²) in [6.07, 6.45) is 4.34. The molecule has 2 heterocycles. The van der Waals surface area contributed by atoms with Crippen LogP contribution in [0.4, 0.5) is 0 Å². The Morgan fingerprint density at radius 1 is 1.35 bits per heavy atom. The van der Waals surface area contributed by atoms with E-state index in [1.54, 1.807) is 13.4 Å². The van der Waals surface area contributed by atoms with Gasteiger partial charge in [0.1, 0.15) is 5.70 Å². The molecule has 1 aliphatic rings. The first-order valence-electron chi connectivity index (χ1n) is 8.75. The number of carbonyl (C=O) groups is 1. The molecule has 1 aromatic heterocycles. The van der Waals surface area contributed by atoms with Gasteiger partial charge in [0, 0.05) is 14.1 Å². The number of hydrogen-bond donors (Lipinski definition) is 2. The van der Waals surface area contributed by atoms with E-state index < -0.39 is 0 Å². The number of imidazole rings is 1. The molecule has 0 aliphatic carbocycles. The number of likely N-dealkylation sites (N-methyl/N-ethyl adjacent to an activating group) is 1. The summed E-state index contributed by atoms with van der Waals surface area (Å²) in [5.41, 5.74) is 3.30. The number of amides is 1. The number of nitrogens with zero attached hydrogens (tertiary/aromatic N) is 4. The number of carbonyl (C=O) groups excluding carboxylic acids is 1. The van der Waals surface area contributed by atoms with Gasteiger partial charge in [0.2, 0.25) is 5.96 Å². The van der Waals surface area contributed by atoms with Gasteiger partial charge in [-0.3, -0.25) is 9.69 Å². The monoisotopic (exact) mass is 355 g/mol. The Balaban J connectivity index is 1.87. The topological polar surface area (TPSA) is 82.8 Å². The quantitative estimate of drug-likeness (QED) is 0.801. The van der Waals surface area contributed by atoms with Crippen LogP contribution in [0.1, 0.15) is 25.8 Å². The smallest absolute Gasteiger partial charge is 0.276 e. The first-order chi connectivity index (χ1) is 12.4. The van der Waals surface area contributed by atoms with Crippen LogP contribution in [0.3, 0.4) is 0 Å². The number of benzene rings is 1. The number of hydrogen-bond acceptors (Lipinski definition) is 4. The Kier molecular flexibility index (Phi) is 5.08. The van der Waals surface area contributed by atoms with E-state index in [-0.39, 0.29) is 18.6 Å². The largest absolute Gasteiger partial charge is 0.394 e. The number of aliphatic hydroxyl groups is 1. The molecule has 2 aromatic rings. The maximum Gasteiger partial charge on any atom is 0.276 e. The first kappa shape index (κ1) is 18.1. The first-order valence-corrected chi connectivity index (χ1v) is 8.75. The number of aliphatic hydroxyl groups excluding tert-OH is 1. The minimum Gasteiger partial charge on any atom is -0.394 e. The molecule has 1 fully saturated rings. The predicted molar refractivity (Wildman–Crippen MR) is 102 cm³/mol. The third kappa shape index (κ3) is 3.62. The molecule has 1 aromatic carbocycles. The Morgan fingerprint density at radius 2 is 2.12 bits per heavy atom. The minimum absolute atomic E-state index is 0.0401. The molecular formula is C19H25N5O2. The molecule has 7 nitrogen and oxygen atoms in total. The van der Waals surface area contributed by atoms with Crippen molar-refractivity contribution in [2.75, 3.05) is 13.7 Å². The highest BCUT2D eigenvalue weighted by Gasteiger charge is 2.29. The fourth-order valence-electron chi connectivity index (χ4n) is 3.04. The van der Waals surface area contributed by atoms with Gasteiger partial charge < -0.3 is 15.0 Å². The van der Waals surface area contributed by atoms with Gasteiger partial charge in [0.25, 0.3) is 5.91 Å². The molecule has 0 unspecified atom stereocenters. The summed E-state index contributed by atoms with van der Waals surface area (Å²) < 4.78 is 1.94. The van der Waals surface area contributed by atoms with E-state index in [1.807, 2.05) is 35.9 Å². The van der Waals surface area contributed by atoms with Gasteiger partial charge in [-0.05, 0) is 36.1 Å². The molecule has 2 N–H and O–H groups in total. The zero-order valence-corrected chi connectivity index (χ0v) is 15.6. The second-order valence-electron chi connectivity index (χ2n) is 7.07. The number of aliphatic imine (C=N–C) groups is 1. The van der Waals surface area contributed by atoms with Crippen molar-refractivity contribution in [1.82, 2.24) is 19.8 Å². The van der Waals surface area contributed by atoms with Crippen LogP contribution >= 0.6 is 0 Å². The van der Waals surface area contributed by atoms with Gasteiger partial charge in [-0.15, -0.1) is 0 Å². The average molecular weight is 355 g/mol. The number of guanidine groups is 1. The van der Waals surface area contributed by atoms with Crippen LogP contribution in [0.2, 0.25) is 0 Å². The third-order valence-electron chi connectivity index (χ3n) is 4.42. The van der Waals surface area contributed by atoms with Gasteiger partial charge in [-0.1, -0.05) is 19.9 Å². The van der Waals surface area contributed by atoms with Crippen LogP contribution in [-0.2, 0) is 11.8 Å². The lowest BCUT2D eigenvalue weighted by atomic mass is 10.1. The molecule has 7 heteroatoms. The van der Waals surface area contributed by atoms with Crippen LogP contribution in [0.15, 0.2) is 35.2 Å². The maximum absolute atomic E-state index is 12.5. The minimum atomic E-state index is -0.224. The van der Waals surface area contributed by atoms with Gasteiger partial charge in [0.05, 0.1) is 30.0 Å². The van der Waals surface area contributed by atoms with Gasteiger partial charge in [-0.25, -0.2) is 9.98 Å². The van der Waals surface area contributed by atoms with Crippen molar-refractivity contribution in [3.8, 4) is 0 Å². The highest BCUT2D eigenvalue weighted by atomic mass is 16.3. The van der Waals surface area contributed by atoms with Crippen LogP contribution < -0.4 is 5.32 Å². The van der Waals surface area contributed by atoms with E-state index in [0.717, 1.165) is 23.0 Å². The number of aryl methyl sites for hydroxylation is 1. The van der Waals surface area contributed by atoms with Crippen molar-refractivity contribution < 1.29 is 9.90 Å². The van der Waals surface area contributed by atoms with E-state index in [4.69, 9.17) is 0 Å².